The third-order valence-corrected chi connectivity index (χ3v) is 5.12. The van der Waals surface area contributed by atoms with Gasteiger partial charge in [-0.3, -0.25) is 15.1 Å². The van der Waals surface area contributed by atoms with Crippen LogP contribution in [0.3, 0.4) is 0 Å². The van der Waals surface area contributed by atoms with Crippen molar-refractivity contribution in [3.05, 3.63) is 53.9 Å². The normalized spacial score (nSPS) is 15.1. The van der Waals surface area contributed by atoms with E-state index in [1.807, 2.05) is 0 Å². The summed E-state index contributed by atoms with van der Waals surface area (Å²) < 4.78 is 39.8. The largest absolute Gasteiger partial charge is 0.416 e. The van der Waals surface area contributed by atoms with Crippen LogP contribution in [0.15, 0.2) is 42.7 Å². The van der Waals surface area contributed by atoms with E-state index in [1.54, 1.807) is 12.1 Å². The number of thiocarbonyl (C=S) groups is 1. The third kappa shape index (κ3) is 5.91. The van der Waals surface area contributed by atoms with E-state index in [4.69, 9.17) is 12.2 Å². The molecule has 1 aliphatic rings. The van der Waals surface area contributed by atoms with Crippen LogP contribution in [0.5, 0.6) is 0 Å². The average Bonchev–Trinajstić information content (AvgIpc) is 2.68. The number of anilines is 2. The highest BCUT2D eigenvalue weighted by molar-refractivity contribution is 7.80. The maximum atomic E-state index is 13.3. The van der Waals surface area contributed by atoms with Gasteiger partial charge in [0.1, 0.15) is 0 Å². The predicted molar refractivity (Wildman–Crippen MR) is 115 cm³/mol. The van der Waals surface area contributed by atoms with Crippen molar-refractivity contribution in [2.75, 3.05) is 23.3 Å². The number of aromatic nitrogens is 1. The van der Waals surface area contributed by atoms with E-state index in [0.29, 0.717) is 11.3 Å². The van der Waals surface area contributed by atoms with Crippen LogP contribution in [0, 0.1) is 0 Å². The molecule has 1 aromatic carbocycles. The highest BCUT2D eigenvalue weighted by atomic mass is 32.1. The molecule has 0 aliphatic carbocycles. The third-order valence-electron chi connectivity index (χ3n) is 4.92. The lowest BCUT2D eigenvalue weighted by Crippen LogP contribution is -2.35. The van der Waals surface area contributed by atoms with Gasteiger partial charge in [0.05, 0.1) is 22.5 Å². The lowest BCUT2D eigenvalue weighted by molar-refractivity contribution is -0.137. The maximum absolute atomic E-state index is 13.3. The van der Waals surface area contributed by atoms with Gasteiger partial charge in [0, 0.05) is 25.5 Å². The quantitative estimate of drug-likeness (QED) is 0.664. The number of rotatable bonds is 3. The summed E-state index contributed by atoms with van der Waals surface area (Å²) >= 11 is 5.20. The number of nitrogens with one attached hydrogen (secondary N) is 2. The molecule has 30 heavy (non-hydrogen) atoms. The van der Waals surface area contributed by atoms with Gasteiger partial charge in [-0.2, -0.15) is 13.2 Å². The summed E-state index contributed by atoms with van der Waals surface area (Å²) in [5, 5.41) is 5.22. The number of hydrogen-bond donors (Lipinski definition) is 2. The summed E-state index contributed by atoms with van der Waals surface area (Å²) in [6.07, 6.45) is 3.76. The van der Waals surface area contributed by atoms with Crippen molar-refractivity contribution in [3.8, 4) is 0 Å². The predicted octanol–water partition coefficient (Wildman–Crippen LogP) is 5.00. The van der Waals surface area contributed by atoms with Gasteiger partial charge in [0.25, 0.3) is 5.91 Å². The summed E-state index contributed by atoms with van der Waals surface area (Å²) in [7, 11) is 0. The molecule has 2 aromatic rings. The number of pyridine rings is 1. The second kappa shape index (κ2) is 9.88. The van der Waals surface area contributed by atoms with Crippen molar-refractivity contribution in [2.45, 2.75) is 38.3 Å². The molecule has 0 bridgehead atoms. The fourth-order valence-electron chi connectivity index (χ4n) is 3.40. The standard InChI is InChI=1S/C21H23F3N4OS/c22-21(23,24)16-8-9-18(28-11-4-2-1-3-5-12-28)17(13-16)26-20(30)27-19(29)15-7-6-10-25-14-15/h6-10,13-14H,1-5,11-12H2,(H2,26,27,29,30). The Morgan fingerprint density at radius 3 is 2.40 bits per heavy atom. The Hall–Kier alpha value is -2.68. The van der Waals surface area contributed by atoms with Crippen molar-refractivity contribution >= 4 is 34.6 Å². The molecule has 160 valence electrons. The number of benzene rings is 1. The van der Waals surface area contributed by atoms with Crippen molar-refractivity contribution in [1.29, 1.82) is 0 Å². The SMILES string of the molecule is O=C(NC(=S)Nc1cc(C(F)(F)F)ccc1N1CCCCCCC1)c1cccnc1. The molecule has 2 heterocycles. The number of halogens is 3. The molecule has 1 aromatic heterocycles. The summed E-state index contributed by atoms with van der Waals surface area (Å²) in [6.45, 7) is 1.52. The topological polar surface area (TPSA) is 57.3 Å². The minimum Gasteiger partial charge on any atom is -0.370 e. The molecule has 1 aliphatic heterocycles. The van der Waals surface area contributed by atoms with E-state index in [-0.39, 0.29) is 10.8 Å². The number of carbonyl (C=O) groups is 1. The lowest BCUT2D eigenvalue weighted by Gasteiger charge is -2.29. The van der Waals surface area contributed by atoms with E-state index in [1.165, 1.54) is 24.9 Å². The van der Waals surface area contributed by atoms with E-state index in [0.717, 1.165) is 50.9 Å². The van der Waals surface area contributed by atoms with Crippen LogP contribution in [0.25, 0.3) is 0 Å². The first kappa shape index (κ1) is 22.0. The van der Waals surface area contributed by atoms with Crippen molar-refractivity contribution < 1.29 is 18.0 Å². The molecule has 0 saturated carbocycles. The van der Waals surface area contributed by atoms with E-state index < -0.39 is 17.6 Å². The average molecular weight is 437 g/mol. The van der Waals surface area contributed by atoms with Crippen molar-refractivity contribution in [2.24, 2.45) is 0 Å². The van der Waals surface area contributed by atoms with E-state index >= 15 is 0 Å². The number of alkyl halides is 3. The Bertz CT molecular complexity index is 882. The Labute approximate surface area is 178 Å². The van der Waals surface area contributed by atoms with Gasteiger partial charge in [0.2, 0.25) is 0 Å². The molecule has 5 nitrogen and oxygen atoms in total. The molecule has 2 N–H and O–H groups in total. The van der Waals surface area contributed by atoms with Gasteiger partial charge in [-0.05, 0) is 55.4 Å². The lowest BCUT2D eigenvalue weighted by atomic mass is 10.1. The fourth-order valence-corrected chi connectivity index (χ4v) is 3.61. The second-order valence-electron chi connectivity index (χ2n) is 7.13. The molecule has 1 saturated heterocycles. The zero-order chi connectivity index (χ0) is 21.6. The van der Waals surface area contributed by atoms with Crippen LogP contribution in [-0.2, 0) is 6.18 Å². The first-order chi connectivity index (χ1) is 14.3. The molecule has 0 radical (unpaired) electrons. The van der Waals surface area contributed by atoms with E-state index in [2.05, 4.69) is 20.5 Å². The molecule has 9 heteroatoms. The molecular formula is C21H23F3N4OS. The number of carbonyl (C=O) groups excluding carboxylic acids is 1. The zero-order valence-electron chi connectivity index (χ0n) is 16.3. The Morgan fingerprint density at radius 2 is 1.77 bits per heavy atom. The van der Waals surface area contributed by atoms with Gasteiger partial charge >= 0.3 is 6.18 Å². The first-order valence-electron chi connectivity index (χ1n) is 9.83. The first-order valence-corrected chi connectivity index (χ1v) is 10.2. The van der Waals surface area contributed by atoms with Gasteiger partial charge in [-0.15, -0.1) is 0 Å². The smallest absolute Gasteiger partial charge is 0.370 e. The van der Waals surface area contributed by atoms with Crippen LogP contribution in [0.4, 0.5) is 24.5 Å². The highest BCUT2D eigenvalue weighted by Gasteiger charge is 2.31. The van der Waals surface area contributed by atoms with Crippen molar-refractivity contribution in [1.82, 2.24) is 10.3 Å². The zero-order valence-corrected chi connectivity index (χ0v) is 17.2. The molecule has 1 amide bonds. The Morgan fingerprint density at radius 1 is 1.07 bits per heavy atom. The Balaban J connectivity index is 1.82. The van der Waals surface area contributed by atoms with E-state index in [9.17, 15) is 18.0 Å². The molecule has 1 fully saturated rings. The number of nitrogens with zero attached hydrogens (tertiary/aromatic N) is 2. The highest BCUT2D eigenvalue weighted by Crippen LogP contribution is 2.36. The van der Waals surface area contributed by atoms with Gasteiger partial charge < -0.3 is 10.2 Å². The minimum atomic E-state index is -4.48. The van der Waals surface area contributed by atoms with Crippen LogP contribution >= 0.6 is 12.2 Å². The minimum absolute atomic E-state index is 0.0727. The summed E-state index contributed by atoms with van der Waals surface area (Å²) in [5.74, 6) is -0.486. The molecule has 3 rings (SSSR count). The van der Waals surface area contributed by atoms with Crippen LogP contribution in [-0.4, -0.2) is 29.1 Å². The van der Waals surface area contributed by atoms with Crippen molar-refractivity contribution in [3.63, 3.8) is 0 Å². The van der Waals surface area contributed by atoms with Crippen LogP contribution < -0.4 is 15.5 Å². The fraction of sp³-hybridized carbons (Fsp3) is 0.381. The molecule has 0 spiro atoms. The summed E-state index contributed by atoms with van der Waals surface area (Å²) in [4.78, 5) is 18.2. The van der Waals surface area contributed by atoms with Gasteiger partial charge in [-0.1, -0.05) is 19.3 Å². The van der Waals surface area contributed by atoms with Crippen LogP contribution in [0.1, 0.15) is 48.0 Å². The molecule has 0 atom stereocenters. The molecule has 0 unspecified atom stereocenters. The van der Waals surface area contributed by atoms with Gasteiger partial charge in [-0.25, -0.2) is 0 Å². The summed E-state index contributed by atoms with van der Waals surface area (Å²) in [5.41, 5.74) is 0.390. The van der Waals surface area contributed by atoms with Gasteiger partial charge in [0.15, 0.2) is 5.11 Å². The summed E-state index contributed by atoms with van der Waals surface area (Å²) in [6, 6.07) is 6.77. The maximum Gasteiger partial charge on any atom is 0.416 e. The molecular weight excluding hydrogens is 413 g/mol. The second-order valence-corrected chi connectivity index (χ2v) is 7.54. The number of hydrogen-bond acceptors (Lipinski definition) is 4. The Kier molecular flexibility index (Phi) is 7.25. The monoisotopic (exact) mass is 436 g/mol. The number of amides is 1. The van der Waals surface area contributed by atoms with Crippen LogP contribution in [0.2, 0.25) is 0 Å².